The minimum atomic E-state index is -0.179. The molecule has 2 amide bonds. The predicted octanol–water partition coefficient (Wildman–Crippen LogP) is 0.226. The van der Waals surface area contributed by atoms with Gasteiger partial charge in [0, 0.05) is 20.8 Å². The molecule has 5 heteroatoms. The number of nitrogens with one attached hydrogen (secondary N) is 1. The minimum absolute atomic E-state index is 0.179. The number of methoxy groups -OCH3 is 2. The zero-order chi connectivity index (χ0) is 9.40. The molecule has 0 spiro atoms. The molecule has 0 aromatic rings. The van der Waals surface area contributed by atoms with E-state index in [-0.39, 0.29) is 12.8 Å². The molecule has 1 N–H and O–H groups in total. The first-order valence-corrected chi connectivity index (χ1v) is 3.76. The van der Waals surface area contributed by atoms with Crippen LogP contribution in [-0.2, 0) is 9.47 Å². The number of hydrogen-bond donors (Lipinski definition) is 1. The Morgan fingerprint density at radius 3 is 2.50 bits per heavy atom. The Balaban J connectivity index is 3.69. The number of ether oxygens (including phenoxy) is 2. The third-order valence-corrected chi connectivity index (χ3v) is 1.32. The summed E-state index contributed by atoms with van der Waals surface area (Å²) in [6.07, 6.45) is 0. The van der Waals surface area contributed by atoms with Gasteiger partial charge in [0.25, 0.3) is 0 Å². The van der Waals surface area contributed by atoms with E-state index >= 15 is 0 Å². The van der Waals surface area contributed by atoms with Crippen molar-refractivity contribution in [2.24, 2.45) is 0 Å². The molecule has 0 atom stereocenters. The highest BCUT2D eigenvalue weighted by Gasteiger charge is 2.08. The normalized spacial score (nSPS) is 9.58. The van der Waals surface area contributed by atoms with Crippen LogP contribution in [0.15, 0.2) is 0 Å². The highest BCUT2D eigenvalue weighted by molar-refractivity contribution is 5.73. The maximum Gasteiger partial charge on any atom is 0.321 e. The van der Waals surface area contributed by atoms with Gasteiger partial charge < -0.3 is 19.7 Å². The van der Waals surface area contributed by atoms with E-state index in [4.69, 9.17) is 4.74 Å². The van der Waals surface area contributed by atoms with E-state index in [1.54, 1.807) is 7.11 Å². The number of amides is 2. The Labute approximate surface area is 72.6 Å². The Hall–Kier alpha value is -0.810. The van der Waals surface area contributed by atoms with Crippen molar-refractivity contribution >= 4 is 6.03 Å². The highest BCUT2D eigenvalue weighted by Crippen LogP contribution is 1.88. The molecule has 0 fully saturated rings. The van der Waals surface area contributed by atoms with Gasteiger partial charge in [0.1, 0.15) is 13.5 Å². The van der Waals surface area contributed by atoms with Crippen LogP contribution in [0.25, 0.3) is 0 Å². The number of urea groups is 1. The van der Waals surface area contributed by atoms with E-state index in [1.165, 1.54) is 12.0 Å². The summed E-state index contributed by atoms with van der Waals surface area (Å²) in [6, 6.07) is -0.179. The van der Waals surface area contributed by atoms with Gasteiger partial charge >= 0.3 is 6.03 Å². The fourth-order valence-corrected chi connectivity index (χ4v) is 0.695. The van der Waals surface area contributed by atoms with Crippen molar-refractivity contribution in [3.05, 3.63) is 0 Å². The summed E-state index contributed by atoms with van der Waals surface area (Å²) in [6.45, 7) is 3.01. The van der Waals surface area contributed by atoms with Gasteiger partial charge in [0.15, 0.2) is 0 Å². The molecule has 0 aromatic heterocycles. The first-order valence-electron chi connectivity index (χ1n) is 3.76. The Morgan fingerprint density at radius 2 is 2.08 bits per heavy atom. The van der Waals surface area contributed by atoms with Crippen LogP contribution in [0.3, 0.4) is 0 Å². The molecule has 0 heterocycles. The van der Waals surface area contributed by atoms with E-state index in [2.05, 4.69) is 10.1 Å². The van der Waals surface area contributed by atoms with Gasteiger partial charge in [-0.1, -0.05) is 0 Å². The van der Waals surface area contributed by atoms with Crippen LogP contribution < -0.4 is 5.32 Å². The number of nitrogens with zero attached hydrogens (tertiary/aromatic N) is 1. The lowest BCUT2D eigenvalue weighted by Crippen LogP contribution is -2.41. The van der Waals surface area contributed by atoms with Crippen molar-refractivity contribution in [1.29, 1.82) is 0 Å². The van der Waals surface area contributed by atoms with Gasteiger partial charge in [0.05, 0.1) is 0 Å². The van der Waals surface area contributed by atoms with Gasteiger partial charge in [-0.2, -0.15) is 0 Å². The monoisotopic (exact) mass is 176 g/mol. The van der Waals surface area contributed by atoms with Gasteiger partial charge in [-0.15, -0.1) is 0 Å². The predicted molar refractivity (Wildman–Crippen MR) is 44.7 cm³/mol. The fraction of sp³-hybridized carbons (Fsp3) is 0.857. The first-order chi connectivity index (χ1) is 5.76. The molecule has 0 radical (unpaired) electrons. The van der Waals surface area contributed by atoms with Gasteiger partial charge in [0.2, 0.25) is 0 Å². The lowest BCUT2D eigenvalue weighted by atomic mass is 10.6. The van der Waals surface area contributed by atoms with Gasteiger partial charge in [-0.05, 0) is 6.92 Å². The van der Waals surface area contributed by atoms with E-state index in [1.807, 2.05) is 6.92 Å². The van der Waals surface area contributed by atoms with E-state index in [9.17, 15) is 4.79 Å². The Bertz CT molecular complexity index is 130. The zero-order valence-electron chi connectivity index (χ0n) is 7.79. The summed E-state index contributed by atoms with van der Waals surface area (Å²) in [7, 11) is 3.07. The van der Waals surface area contributed by atoms with Crippen molar-refractivity contribution < 1.29 is 14.3 Å². The Kier molecular flexibility index (Phi) is 6.41. The lowest BCUT2D eigenvalue weighted by molar-refractivity contribution is 0.0794. The van der Waals surface area contributed by atoms with Gasteiger partial charge in [-0.25, -0.2) is 4.79 Å². The van der Waals surface area contributed by atoms with Gasteiger partial charge in [-0.3, -0.25) is 0 Å². The average Bonchev–Trinajstić information content (AvgIpc) is 2.10. The van der Waals surface area contributed by atoms with Crippen LogP contribution >= 0.6 is 0 Å². The second-order valence-corrected chi connectivity index (χ2v) is 2.19. The summed E-state index contributed by atoms with van der Waals surface area (Å²) in [4.78, 5) is 12.7. The average molecular weight is 176 g/mol. The largest absolute Gasteiger partial charge is 0.364 e. The molecule has 0 bridgehead atoms. The van der Waals surface area contributed by atoms with Crippen LogP contribution in [0.5, 0.6) is 0 Å². The summed E-state index contributed by atoms with van der Waals surface area (Å²) in [5.74, 6) is 0. The second-order valence-electron chi connectivity index (χ2n) is 2.19. The molecule has 5 nitrogen and oxygen atoms in total. The second kappa shape index (κ2) is 6.87. The van der Waals surface area contributed by atoms with Crippen molar-refractivity contribution in [3.63, 3.8) is 0 Å². The number of rotatable bonds is 5. The molecule has 0 aromatic carbocycles. The topological polar surface area (TPSA) is 50.8 Å². The third-order valence-electron chi connectivity index (χ3n) is 1.32. The van der Waals surface area contributed by atoms with Crippen LogP contribution in [-0.4, -0.2) is 45.2 Å². The number of carbonyl (C=O) groups excluding carboxylic acids is 1. The molecule has 72 valence electrons. The Morgan fingerprint density at radius 1 is 1.42 bits per heavy atom. The van der Waals surface area contributed by atoms with Crippen molar-refractivity contribution in [3.8, 4) is 0 Å². The molecule has 0 saturated heterocycles. The minimum Gasteiger partial charge on any atom is -0.364 e. The van der Waals surface area contributed by atoms with Crippen molar-refractivity contribution in [1.82, 2.24) is 10.2 Å². The summed E-state index contributed by atoms with van der Waals surface area (Å²) < 4.78 is 9.51. The maximum absolute atomic E-state index is 11.2. The van der Waals surface area contributed by atoms with E-state index in [0.717, 1.165) is 0 Å². The summed E-state index contributed by atoms with van der Waals surface area (Å²) in [5, 5.41) is 2.55. The summed E-state index contributed by atoms with van der Waals surface area (Å²) in [5.41, 5.74) is 0. The molecule has 0 rings (SSSR count). The van der Waals surface area contributed by atoms with Crippen LogP contribution in [0.1, 0.15) is 6.92 Å². The molecule has 0 aliphatic carbocycles. The van der Waals surface area contributed by atoms with Crippen molar-refractivity contribution in [2.45, 2.75) is 6.92 Å². The highest BCUT2D eigenvalue weighted by atomic mass is 16.5. The van der Waals surface area contributed by atoms with Crippen LogP contribution in [0.4, 0.5) is 4.79 Å². The molecular weight excluding hydrogens is 160 g/mol. The lowest BCUT2D eigenvalue weighted by Gasteiger charge is -2.19. The summed E-state index contributed by atoms with van der Waals surface area (Å²) >= 11 is 0. The molecule has 0 aliphatic rings. The molecule has 12 heavy (non-hydrogen) atoms. The van der Waals surface area contributed by atoms with E-state index in [0.29, 0.717) is 13.3 Å². The third kappa shape index (κ3) is 4.15. The van der Waals surface area contributed by atoms with E-state index < -0.39 is 0 Å². The molecule has 0 aliphatic heterocycles. The van der Waals surface area contributed by atoms with Crippen LogP contribution in [0, 0.1) is 0 Å². The zero-order valence-corrected chi connectivity index (χ0v) is 7.79. The first kappa shape index (κ1) is 11.2. The van der Waals surface area contributed by atoms with Crippen LogP contribution in [0.2, 0.25) is 0 Å². The number of carbonyl (C=O) groups is 1. The fourth-order valence-electron chi connectivity index (χ4n) is 0.695. The SMILES string of the molecule is CCN(COC)C(=O)NCOC. The molecular formula is C7H16N2O3. The molecule has 0 saturated carbocycles. The smallest absolute Gasteiger partial charge is 0.321 e. The standard InChI is InChI=1S/C7H16N2O3/c1-4-9(6-12-3)7(10)8-5-11-2/h4-6H2,1-3H3,(H,8,10). The quantitative estimate of drug-likeness (QED) is 0.610. The maximum atomic E-state index is 11.2. The molecule has 0 unspecified atom stereocenters. The number of hydrogen-bond acceptors (Lipinski definition) is 3. The van der Waals surface area contributed by atoms with Crippen molar-refractivity contribution in [2.75, 3.05) is 34.2 Å².